The number of carbonyl (C=O) groups is 2. The van der Waals surface area contributed by atoms with Gasteiger partial charge in [-0.3, -0.25) is 9.20 Å². The molecule has 3 heterocycles. The largest absolute Gasteiger partial charge is 0.462 e. The van der Waals surface area contributed by atoms with Crippen LogP contribution in [0.3, 0.4) is 0 Å². The fourth-order valence-corrected chi connectivity index (χ4v) is 3.92. The molecular formula is C21H19N3O4S. The van der Waals surface area contributed by atoms with E-state index < -0.39 is 11.8 Å². The number of hydrogen-bond acceptors (Lipinski definition) is 7. The Morgan fingerprint density at radius 1 is 1.31 bits per heavy atom. The third-order valence-corrected chi connectivity index (χ3v) is 5.23. The second kappa shape index (κ2) is 7.56. The number of Topliss-reactive ketones (excluding diaryl/α,β-unsaturated/α-hetero) is 1. The van der Waals surface area contributed by atoms with Gasteiger partial charge in [0.05, 0.1) is 18.0 Å². The minimum Gasteiger partial charge on any atom is -0.462 e. The number of aryl methyl sites for hydroxylation is 2. The van der Waals surface area contributed by atoms with Gasteiger partial charge in [-0.2, -0.15) is 0 Å². The summed E-state index contributed by atoms with van der Waals surface area (Å²) in [5.41, 5.74) is 2.04. The van der Waals surface area contributed by atoms with Gasteiger partial charge < -0.3 is 14.8 Å². The molecule has 0 spiro atoms. The Labute approximate surface area is 171 Å². The number of nitrogens with zero attached hydrogens (tertiary/aromatic N) is 2. The average Bonchev–Trinajstić information content (AvgIpc) is 3.28. The summed E-state index contributed by atoms with van der Waals surface area (Å²) in [6.45, 7) is 5.70. The van der Waals surface area contributed by atoms with Crippen molar-refractivity contribution in [1.29, 1.82) is 0 Å². The van der Waals surface area contributed by atoms with E-state index >= 15 is 0 Å². The fraction of sp³-hybridized carbons (Fsp3) is 0.190. The van der Waals surface area contributed by atoms with Crippen molar-refractivity contribution in [3.63, 3.8) is 0 Å². The van der Waals surface area contributed by atoms with Crippen molar-refractivity contribution in [2.24, 2.45) is 0 Å². The van der Waals surface area contributed by atoms with Gasteiger partial charge in [0.25, 0.3) is 0 Å². The fourth-order valence-electron chi connectivity index (χ4n) is 3.04. The Morgan fingerprint density at radius 3 is 2.79 bits per heavy atom. The molecule has 8 heteroatoms. The minimum absolute atomic E-state index is 0.0419. The third-order valence-electron chi connectivity index (χ3n) is 4.33. The van der Waals surface area contributed by atoms with Gasteiger partial charge >= 0.3 is 5.97 Å². The molecule has 0 fully saturated rings. The molecule has 1 aliphatic rings. The molecule has 0 atom stereocenters. The van der Waals surface area contributed by atoms with Gasteiger partial charge in [-0.05, 0) is 32.9 Å². The molecule has 7 nitrogen and oxygen atoms in total. The predicted molar refractivity (Wildman–Crippen MR) is 110 cm³/mol. The number of para-hydroxylation sites is 1. The molecule has 148 valence electrons. The summed E-state index contributed by atoms with van der Waals surface area (Å²) >= 11 is 1.56. The van der Waals surface area contributed by atoms with Crippen molar-refractivity contribution in [2.75, 3.05) is 11.9 Å². The molecule has 0 saturated heterocycles. The highest BCUT2D eigenvalue weighted by atomic mass is 32.1. The Hall–Kier alpha value is -3.39. The first-order chi connectivity index (χ1) is 14.0. The molecule has 3 aromatic rings. The summed E-state index contributed by atoms with van der Waals surface area (Å²) in [6, 6.07) is 9.17. The molecule has 1 N–H and O–H groups in total. The highest BCUT2D eigenvalue weighted by Crippen LogP contribution is 2.30. The van der Waals surface area contributed by atoms with Crippen LogP contribution in [-0.4, -0.2) is 27.7 Å². The molecular weight excluding hydrogens is 390 g/mol. The van der Waals surface area contributed by atoms with E-state index in [0.29, 0.717) is 5.69 Å². The number of hydrogen-bond donors (Lipinski definition) is 1. The highest BCUT2D eigenvalue weighted by Gasteiger charge is 2.37. The minimum atomic E-state index is -0.721. The van der Waals surface area contributed by atoms with Crippen LogP contribution in [-0.2, 0) is 19.1 Å². The monoisotopic (exact) mass is 409 g/mol. The maximum absolute atomic E-state index is 13.0. The number of carbonyl (C=O) groups excluding carboxylic acids is 2. The summed E-state index contributed by atoms with van der Waals surface area (Å²) in [4.78, 5) is 31.9. The van der Waals surface area contributed by atoms with Crippen LogP contribution >= 0.6 is 11.3 Å². The number of allylic oxidation sites excluding steroid dienone is 1. The van der Waals surface area contributed by atoms with Gasteiger partial charge in [-0.25, -0.2) is 9.78 Å². The molecule has 1 aliphatic heterocycles. The topological polar surface area (TPSA) is 81.9 Å². The first-order valence-electron chi connectivity index (χ1n) is 9.10. The number of fused-ring (bicyclic) bond motifs is 1. The lowest BCUT2D eigenvalue weighted by Gasteiger charge is -2.08. The SMILES string of the molecule is CCOC(=O)C1=C(Nc2ccccc2)OC(=Cc2c(C)nc3sc(C)cn23)C1=O. The molecule has 0 aliphatic carbocycles. The quantitative estimate of drug-likeness (QED) is 0.392. The molecule has 0 amide bonds. The van der Waals surface area contributed by atoms with Gasteiger partial charge in [0.2, 0.25) is 11.7 Å². The van der Waals surface area contributed by atoms with Crippen LogP contribution in [0.2, 0.25) is 0 Å². The number of anilines is 1. The highest BCUT2D eigenvalue weighted by molar-refractivity contribution is 7.17. The molecule has 0 saturated carbocycles. The van der Waals surface area contributed by atoms with Crippen molar-refractivity contribution < 1.29 is 19.1 Å². The number of ketones is 1. The number of esters is 1. The zero-order valence-corrected chi connectivity index (χ0v) is 17.0. The van der Waals surface area contributed by atoms with E-state index in [0.717, 1.165) is 21.2 Å². The normalized spacial score (nSPS) is 15.3. The van der Waals surface area contributed by atoms with E-state index in [4.69, 9.17) is 9.47 Å². The Kier molecular flexibility index (Phi) is 4.94. The van der Waals surface area contributed by atoms with E-state index in [1.807, 2.05) is 54.8 Å². The summed E-state index contributed by atoms with van der Waals surface area (Å²) in [7, 11) is 0. The van der Waals surface area contributed by atoms with Crippen molar-refractivity contribution >= 4 is 39.8 Å². The lowest BCUT2D eigenvalue weighted by Crippen LogP contribution is -2.16. The van der Waals surface area contributed by atoms with E-state index in [1.54, 1.807) is 24.3 Å². The number of rotatable bonds is 5. The van der Waals surface area contributed by atoms with E-state index in [2.05, 4.69) is 10.3 Å². The maximum atomic E-state index is 13.0. The molecule has 4 rings (SSSR count). The van der Waals surface area contributed by atoms with Gasteiger partial charge in [-0.15, -0.1) is 11.3 Å². The maximum Gasteiger partial charge on any atom is 0.347 e. The number of aromatic nitrogens is 2. The first kappa shape index (κ1) is 18.9. The number of thiazole rings is 1. The zero-order valence-electron chi connectivity index (χ0n) is 16.2. The number of nitrogens with one attached hydrogen (secondary N) is 1. The third kappa shape index (κ3) is 3.54. The molecule has 0 radical (unpaired) electrons. The smallest absolute Gasteiger partial charge is 0.347 e. The predicted octanol–water partition coefficient (Wildman–Crippen LogP) is 3.84. The Balaban J connectivity index is 1.73. The summed E-state index contributed by atoms with van der Waals surface area (Å²) < 4.78 is 12.8. The summed E-state index contributed by atoms with van der Waals surface area (Å²) in [6.07, 6.45) is 3.57. The number of benzene rings is 1. The van der Waals surface area contributed by atoms with Crippen LogP contribution in [0, 0.1) is 13.8 Å². The molecule has 1 aromatic carbocycles. The van der Waals surface area contributed by atoms with E-state index in [1.165, 1.54) is 0 Å². The van der Waals surface area contributed by atoms with E-state index in [-0.39, 0.29) is 23.8 Å². The van der Waals surface area contributed by atoms with Crippen LogP contribution in [0.25, 0.3) is 11.0 Å². The Morgan fingerprint density at radius 2 is 2.07 bits per heavy atom. The number of imidazole rings is 1. The standard InChI is InChI=1S/C21H19N3O4S/c1-4-27-20(26)17-18(25)16(28-19(17)23-14-8-6-5-7-9-14)10-15-13(3)22-21-24(15)11-12(2)29-21/h5-11,23H,4H2,1-3H3. The van der Waals surface area contributed by atoms with Gasteiger partial charge in [0.15, 0.2) is 16.3 Å². The zero-order chi connectivity index (χ0) is 20.5. The Bertz CT molecular complexity index is 1170. The van der Waals surface area contributed by atoms with Gasteiger partial charge in [0, 0.05) is 22.8 Å². The molecule has 0 bridgehead atoms. The second-order valence-electron chi connectivity index (χ2n) is 6.43. The van der Waals surface area contributed by atoms with Crippen molar-refractivity contribution in [3.05, 3.63) is 70.0 Å². The van der Waals surface area contributed by atoms with Crippen LogP contribution in [0.5, 0.6) is 0 Å². The number of ether oxygens (including phenoxy) is 2. The van der Waals surface area contributed by atoms with Crippen molar-refractivity contribution in [3.8, 4) is 0 Å². The van der Waals surface area contributed by atoms with Gasteiger partial charge in [-0.1, -0.05) is 18.2 Å². The van der Waals surface area contributed by atoms with Crippen LogP contribution in [0.1, 0.15) is 23.2 Å². The summed E-state index contributed by atoms with van der Waals surface area (Å²) in [5.74, 6) is -1.14. The van der Waals surface area contributed by atoms with Crippen LogP contribution in [0.15, 0.2) is 53.7 Å². The van der Waals surface area contributed by atoms with Crippen LogP contribution in [0.4, 0.5) is 5.69 Å². The lowest BCUT2D eigenvalue weighted by atomic mass is 10.1. The van der Waals surface area contributed by atoms with Crippen molar-refractivity contribution in [1.82, 2.24) is 9.38 Å². The summed E-state index contributed by atoms with van der Waals surface area (Å²) in [5, 5.41) is 3.00. The van der Waals surface area contributed by atoms with Crippen molar-refractivity contribution in [2.45, 2.75) is 20.8 Å². The lowest BCUT2D eigenvalue weighted by molar-refractivity contribution is -0.139. The average molecular weight is 409 g/mol. The molecule has 2 aromatic heterocycles. The first-order valence-corrected chi connectivity index (χ1v) is 9.92. The van der Waals surface area contributed by atoms with Crippen LogP contribution < -0.4 is 5.32 Å². The van der Waals surface area contributed by atoms with E-state index in [9.17, 15) is 9.59 Å². The van der Waals surface area contributed by atoms with Gasteiger partial charge in [0.1, 0.15) is 0 Å². The molecule has 0 unspecified atom stereocenters. The molecule has 29 heavy (non-hydrogen) atoms. The second-order valence-corrected chi connectivity index (χ2v) is 7.65.